The van der Waals surface area contributed by atoms with Gasteiger partial charge in [0.05, 0.1) is 4.75 Å². The first-order chi connectivity index (χ1) is 5.89. The molecule has 0 bridgehead atoms. The van der Waals surface area contributed by atoms with Gasteiger partial charge in [0.15, 0.2) is 9.84 Å². The van der Waals surface area contributed by atoms with Gasteiger partial charge in [-0.25, -0.2) is 8.42 Å². The molecule has 0 saturated heterocycles. The van der Waals surface area contributed by atoms with E-state index < -0.39 is 14.6 Å². The summed E-state index contributed by atoms with van der Waals surface area (Å²) in [5.74, 6) is 0.759. The fraction of sp³-hybridized carbons (Fsp3) is 1.00. The van der Waals surface area contributed by atoms with Crippen molar-refractivity contribution >= 4 is 9.84 Å². The van der Waals surface area contributed by atoms with E-state index in [4.69, 9.17) is 0 Å². The summed E-state index contributed by atoms with van der Waals surface area (Å²) in [5, 5.41) is 0. The Kier molecular flexibility index (Phi) is 3.05. The quantitative estimate of drug-likeness (QED) is 0.692. The Morgan fingerprint density at radius 1 is 1.31 bits per heavy atom. The summed E-state index contributed by atoms with van der Waals surface area (Å²) in [4.78, 5) is 0. The molecule has 0 aromatic carbocycles. The molecule has 1 aliphatic rings. The van der Waals surface area contributed by atoms with Crippen molar-refractivity contribution in [2.45, 2.75) is 50.7 Å². The average Bonchev–Trinajstić information content (AvgIpc) is 2.04. The van der Waals surface area contributed by atoms with Gasteiger partial charge in [0.1, 0.15) is 0 Å². The van der Waals surface area contributed by atoms with Crippen LogP contribution in [0.4, 0.5) is 0 Å². The molecule has 1 saturated carbocycles. The van der Waals surface area contributed by atoms with Gasteiger partial charge in [-0.05, 0) is 38.5 Å². The second-order valence-electron chi connectivity index (χ2n) is 4.57. The molecule has 0 unspecified atom stereocenters. The second kappa shape index (κ2) is 3.60. The molecule has 0 atom stereocenters. The minimum atomic E-state index is -2.86. The first kappa shape index (κ1) is 11.0. The van der Waals surface area contributed by atoms with Gasteiger partial charge in [0, 0.05) is 6.26 Å². The summed E-state index contributed by atoms with van der Waals surface area (Å²) in [6.07, 6.45) is 6.44. The lowest BCUT2D eigenvalue weighted by molar-refractivity contribution is 0.297. The van der Waals surface area contributed by atoms with E-state index in [0.29, 0.717) is 0 Å². The molecule has 1 fully saturated rings. The van der Waals surface area contributed by atoms with Crippen molar-refractivity contribution in [3.05, 3.63) is 0 Å². The fourth-order valence-electron chi connectivity index (χ4n) is 2.07. The molecule has 3 heteroatoms. The summed E-state index contributed by atoms with van der Waals surface area (Å²) in [5.41, 5.74) is 0. The molecule has 78 valence electrons. The molecule has 2 nitrogen and oxygen atoms in total. The number of hydrogen-bond acceptors (Lipinski definition) is 2. The maximum atomic E-state index is 11.5. The molecule has 0 N–H and O–H groups in total. The average molecular weight is 204 g/mol. The number of sulfone groups is 1. The standard InChI is InChI=1S/C10H20O2S/c1-4-9-5-7-10(2,8-6-9)13(3,11)12/h9H,4-8H2,1-3H3. The zero-order valence-electron chi connectivity index (χ0n) is 8.84. The van der Waals surface area contributed by atoms with E-state index in [0.717, 1.165) is 31.6 Å². The fourth-order valence-corrected chi connectivity index (χ4v) is 3.04. The van der Waals surface area contributed by atoms with E-state index in [-0.39, 0.29) is 0 Å². The highest BCUT2D eigenvalue weighted by Gasteiger charge is 2.38. The normalized spacial score (nSPS) is 36.1. The van der Waals surface area contributed by atoms with Gasteiger partial charge in [0.25, 0.3) is 0 Å². The maximum absolute atomic E-state index is 11.5. The van der Waals surface area contributed by atoms with E-state index in [1.165, 1.54) is 12.7 Å². The predicted molar refractivity (Wildman–Crippen MR) is 55.5 cm³/mol. The van der Waals surface area contributed by atoms with Gasteiger partial charge >= 0.3 is 0 Å². The highest BCUT2D eigenvalue weighted by molar-refractivity contribution is 7.92. The van der Waals surface area contributed by atoms with E-state index in [2.05, 4.69) is 6.92 Å². The van der Waals surface area contributed by atoms with Crippen LogP contribution < -0.4 is 0 Å². The van der Waals surface area contributed by atoms with Crippen molar-refractivity contribution in [2.75, 3.05) is 6.26 Å². The Bertz CT molecular complexity index is 259. The van der Waals surface area contributed by atoms with Crippen molar-refractivity contribution in [2.24, 2.45) is 5.92 Å². The molecule has 0 aliphatic heterocycles. The smallest absolute Gasteiger partial charge is 0.152 e. The Morgan fingerprint density at radius 2 is 1.77 bits per heavy atom. The molecule has 0 radical (unpaired) electrons. The zero-order chi connectivity index (χ0) is 10.1. The molecular formula is C10H20O2S. The highest BCUT2D eigenvalue weighted by Crippen LogP contribution is 2.38. The molecule has 0 spiro atoms. The number of hydrogen-bond donors (Lipinski definition) is 0. The summed E-state index contributed by atoms with van der Waals surface area (Å²) in [7, 11) is -2.86. The van der Waals surface area contributed by atoms with Crippen LogP contribution in [0.2, 0.25) is 0 Å². The molecule has 1 rings (SSSR count). The molecule has 0 aromatic heterocycles. The van der Waals surface area contributed by atoms with Crippen LogP contribution in [0.15, 0.2) is 0 Å². The van der Waals surface area contributed by atoms with Gasteiger partial charge in [-0.15, -0.1) is 0 Å². The largest absolute Gasteiger partial charge is 0.229 e. The third kappa shape index (κ3) is 2.25. The first-order valence-corrected chi connectivity index (χ1v) is 6.98. The third-order valence-corrected chi connectivity index (χ3v) is 5.83. The summed E-state index contributed by atoms with van der Waals surface area (Å²) < 4.78 is 22.6. The summed E-state index contributed by atoms with van der Waals surface area (Å²) in [6.45, 7) is 4.09. The summed E-state index contributed by atoms with van der Waals surface area (Å²) in [6, 6.07) is 0. The van der Waals surface area contributed by atoms with Crippen LogP contribution >= 0.6 is 0 Å². The highest BCUT2D eigenvalue weighted by atomic mass is 32.2. The minimum Gasteiger partial charge on any atom is -0.229 e. The number of rotatable bonds is 2. The Labute approximate surface area is 81.6 Å². The monoisotopic (exact) mass is 204 g/mol. The van der Waals surface area contributed by atoms with E-state index in [1.807, 2.05) is 6.92 Å². The molecule has 13 heavy (non-hydrogen) atoms. The molecule has 0 aromatic rings. The molecule has 0 heterocycles. The molecule has 0 amide bonds. The predicted octanol–water partition coefficient (Wildman–Crippen LogP) is 2.39. The summed E-state index contributed by atoms with van der Waals surface area (Å²) >= 11 is 0. The van der Waals surface area contributed by atoms with Crippen molar-refractivity contribution in [1.29, 1.82) is 0 Å². The van der Waals surface area contributed by atoms with Crippen molar-refractivity contribution in [3.63, 3.8) is 0 Å². The van der Waals surface area contributed by atoms with Crippen LogP contribution in [-0.2, 0) is 9.84 Å². The molecule has 1 aliphatic carbocycles. The van der Waals surface area contributed by atoms with Crippen molar-refractivity contribution in [3.8, 4) is 0 Å². The Balaban J connectivity index is 2.68. The topological polar surface area (TPSA) is 34.1 Å². The van der Waals surface area contributed by atoms with E-state index in [1.54, 1.807) is 0 Å². The van der Waals surface area contributed by atoms with E-state index >= 15 is 0 Å². The van der Waals surface area contributed by atoms with Crippen LogP contribution in [0.1, 0.15) is 46.0 Å². The van der Waals surface area contributed by atoms with Gasteiger partial charge in [0.2, 0.25) is 0 Å². The first-order valence-electron chi connectivity index (χ1n) is 5.08. The van der Waals surface area contributed by atoms with Crippen LogP contribution in [0.5, 0.6) is 0 Å². The van der Waals surface area contributed by atoms with Crippen molar-refractivity contribution in [1.82, 2.24) is 0 Å². The van der Waals surface area contributed by atoms with Gasteiger partial charge in [-0.2, -0.15) is 0 Å². The maximum Gasteiger partial charge on any atom is 0.152 e. The lowest BCUT2D eigenvalue weighted by Crippen LogP contribution is -2.38. The van der Waals surface area contributed by atoms with Gasteiger partial charge < -0.3 is 0 Å². The minimum absolute atomic E-state index is 0.432. The lowest BCUT2D eigenvalue weighted by Gasteiger charge is -2.35. The van der Waals surface area contributed by atoms with E-state index in [9.17, 15) is 8.42 Å². The van der Waals surface area contributed by atoms with Gasteiger partial charge in [-0.3, -0.25) is 0 Å². The second-order valence-corrected chi connectivity index (χ2v) is 7.10. The van der Waals surface area contributed by atoms with Gasteiger partial charge in [-0.1, -0.05) is 13.3 Å². The SMILES string of the molecule is CCC1CCC(C)(S(C)(=O)=O)CC1. The zero-order valence-corrected chi connectivity index (χ0v) is 9.65. The van der Waals surface area contributed by atoms with Crippen LogP contribution in [0, 0.1) is 5.92 Å². The van der Waals surface area contributed by atoms with Crippen LogP contribution in [-0.4, -0.2) is 19.4 Å². The lowest BCUT2D eigenvalue weighted by atomic mass is 9.81. The van der Waals surface area contributed by atoms with Crippen molar-refractivity contribution < 1.29 is 8.42 Å². The van der Waals surface area contributed by atoms with Crippen LogP contribution in [0.25, 0.3) is 0 Å². The van der Waals surface area contributed by atoms with Crippen LogP contribution in [0.3, 0.4) is 0 Å². The molecular weight excluding hydrogens is 184 g/mol. The third-order valence-electron chi connectivity index (χ3n) is 3.64. The Hall–Kier alpha value is -0.0500. The Morgan fingerprint density at radius 3 is 2.08 bits per heavy atom.